The van der Waals surface area contributed by atoms with Crippen LogP contribution in [0.2, 0.25) is 0 Å². The third-order valence-corrected chi connectivity index (χ3v) is 9.45. The third-order valence-electron chi connectivity index (χ3n) is 8.16. The lowest BCUT2D eigenvalue weighted by Gasteiger charge is -2.54. The molecule has 1 saturated heterocycles. The Kier molecular flexibility index (Phi) is 5.64. The zero-order valence-corrected chi connectivity index (χ0v) is 22.6. The Morgan fingerprint density at radius 3 is 1.66 bits per heavy atom. The Morgan fingerprint density at radius 2 is 1.24 bits per heavy atom. The van der Waals surface area contributed by atoms with Gasteiger partial charge in [-0.15, -0.1) is 23.2 Å². The maximum atomic E-state index is 14.3. The summed E-state index contributed by atoms with van der Waals surface area (Å²) in [7, 11) is 1.51. The molecule has 7 rings (SSSR count). The fraction of sp³-hybridized carbons (Fsp3) is 0.300. The number of methoxy groups -OCH3 is 1. The highest BCUT2D eigenvalue weighted by Gasteiger charge is 2.73. The summed E-state index contributed by atoms with van der Waals surface area (Å²) in [6, 6.07) is 20.9. The number of amides is 3. The molecule has 6 nitrogen and oxygen atoms in total. The summed E-state index contributed by atoms with van der Waals surface area (Å²) in [5.41, 5.74) is 3.33. The number of nitrogens with zero attached hydrogens (tertiary/aromatic N) is 1. The van der Waals surface area contributed by atoms with E-state index in [2.05, 4.69) is 5.32 Å². The fourth-order valence-electron chi connectivity index (χ4n) is 6.64. The highest BCUT2D eigenvalue weighted by Crippen LogP contribution is 2.69. The second kappa shape index (κ2) is 8.58. The number of alkyl halides is 2. The van der Waals surface area contributed by atoms with Crippen molar-refractivity contribution in [1.82, 2.24) is 4.90 Å². The van der Waals surface area contributed by atoms with Gasteiger partial charge in [-0.1, -0.05) is 74.5 Å². The smallest absolute Gasteiger partial charge is 0.248 e. The summed E-state index contributed by atoms with van der Waals surface area (Å²) in [6.07, 6.45) is 0. The Morgan fingerprint density at radius 1 is 0.816 bits per heavy atom. The van der Waals surface area contributed by atoms with Gasteiger partial charge in [-0.3, -0.25) is 19.3 Å². The van der Waals surface area contributed by atoms with Crippen molar-refractivity contribution in [3.63, 3.8) is 0 Å². The van der Waals surface area contributed by atoms with Crippen LogP contribution in [0.3, 0.4) is 0 Å². The quantitative estimate of drug-likeness (QED) is 0.349. The van der Waals surface area contributed by atoms with Crippen molar-refractivity contribution in [3.05, 3.63) is 95.1 Å². The van der Waals surface area contributed by atoms with E-state index in [1.807, 2.05) is 48.5 Å². The maximum Gasteiger partial charge on any atom is 0.248 e. The number of benzene rings is 3. The van der Waals surface area contributed by atoms with Crippen LogP contribution in [0.15, 0.2) is 72.8 Å². The van der Waals surface area contributed by atoms with E-state index in [0.717, 1.165) is 27.2 Å². The number of imide groups is 1. The molecule has 0 spiro atoms. The maximum absolute atomic E-state index is 14.3. The molecule has 1 fully saturated rings. The average molecular weight is 549 g/mol. The minimum atomic E-state index is -1.29. The van der Waals surface area contributed by atoms with Gasteiger partial charge in [-0.25, -0.2) is 0 Å². The minimum absolute atomic E-state index is 0.377. The molecule has 3 aliphatic carbocycles. The van der Waals surface area contributed by atoms with Crippen molar-refractivity contribution in [2.75, 3.05) is 12.4 Å². The van der Waals surface area contributed by atoms with Crippen LogP contribution in [0.4, 0.5) is 5.69 Å². The first-order chi connectivity index (χ1) is 18.2. The molecule has 3 atom stereocenters. The lowest BCUT2D eigenvalue weighted by molar-refractivity contribution is -0.148. The van der Waals surface area contributed by atoms with E-state index in [1.54, 1.807) is 38.1 Å². The first kappa shape index (κ1) is 25.0. The van der Waals surface area contributed by atoms with Crippen molar-refractivity contribution in [1.29, 1.82) is 0 Å². The zero-order valence-electron chi connectivity index (χ0n) is 21.1. The molecule has 2 bridgehead atoms. The van der Waals surface area contributed by atoms with Crippen LogP contribution in [-0.4, -0.2) is 35.8 Å². The Balaban J connectivity index is 1.48. The van der Waals surface area contributed by atoms with E-state index < -0.39 is 45.3 Å². The van der Waals surface area contributed by atoms with Gasteiger partial charge >= 0.3 is 0 Å². The minimum Gasteiger partial charge on any atom is -0.495 e. The third kappa shape index (κ3) is 3.04. The normalized spacial score (nSPS) is 27.6. The number of para-hydroxylation sites is 2. The first-order valence-corrected chi connectivity index (χ1v) is 13.3. The number of carbonyl (C=O) groups is 3. The topological polar surface area (TPSA) is 75.7 Å². The highest BCUT2D eigenvalue weighted by molar-refractivity contribution is 6.36. The molecule has 1 N–H and O–H groups in total. The second-order valence-corrected chi connectivity index (χ2v) is 11.6. The van der Waals surface area contributed by atoms with Crippen LogP contribution in [0.1, 0.15) is 36.1 Å². The number of rotatable bonds is 5. The van der Waals surface area contributed by atoms with Crippen LogP contribution in [0.25, 0.3) is 0 Å². The van der Waals surface area contributed by atoms with E-state index in [1.165, 1.54) is 7.11 Å². The lowest BCUT2D eigenvalue weighted by Crippen LogP contribution is -2.57. The Labute approximate surface area is 230 Å². The summed E-state index contributed by atoms with van der Waals surface area (Å²) < 4.78 is 5.37. The SMILES string of the molecule is COc1ccccc1NC(=O)[C@H](C(C)C)N1C(=O)[C@@H]2[C@H](C1=O)C1(Cl)c3ccccc3C2(Cl)c2ccccc21. The van der Waals surface area contributed by atoms with Crippen molar-refractivity contribution in [3.8, 4) is 5.75 Å². The molecule has 8 heteroatoms. The van der Waals surface area contributed by atoms with Gasteiger partial charge in [-0.2, -0.15) is 0 Å². The van der Waals surface area contributed by atoms with Gasteiger partial charge in [0.15, 0.2) is 0 Å². The van der Waals surface area contributed by atoms with Gasteiger partial charge < -0.3 is 10.1 Å². The van der Waals surface area contributed by atoms with Gasteiger partial charge in [0.25, 0.3) is 0 Å². The number of likely N-dealkylation sites (tertiary alicyclic amines) is 1. The molecule has 1 aliphatic heterocycles. The molecule has 0 saturated carbocycles. The van der Waals surface area contributed by atoms with Crippen LogP contribution in [0.5, 0.6) is 5.75 Å². The van der Waals surface area contributed by atoms with Crippen LogP contribution in [0, 0.1) is 17.8 Å². The van der Waals surface area contributed by atoms with Crippen LogP contribution >= 0.6 is 23.2 Å². The Bertz CT molecular complexity index is 1380. The van der Waals surface area contributed by atoms with E-state index in [-0.39, 0.29) is 5.92 Å². The molecule has 0 unspecified atom stereocenters. The van der Waals surface area contributed by atoms with Crippen molar-refractivity contribution >= 4 is 46.6 Å². The molecule has 3 amide bonds. The van der Waals surface area contributed by atoms with E-state index >= 15 is 0 Å². The summed E-state index contributed by atoms with van der Waals surface area (Å²) in [6.45, 7) is 3.61. The predicted molar refractivity (Wildman–Crippen MR) is 145 cm³/mol. The fourth-order valence-corrected chi connectivity index (χ4v) is 7.73. The molecule has 0 aromatic heterocycles. The lowest BCUT2D eigenvalue weighted by atomic mass is 9.54. The zero-order chi connectivity index (χ0) is 27.0. The molecule has 1 heterocycles. The van der Waals surface area contributed by atoms with Crippen molar-refractivity contribution < 1.29 is 19.1 Å². The average Bonchev–Trinajstić information content (AvgIpc) is 3.18. The Hall–Kier alpha value is -3.35. The molecular formula is C30H26Cl2N2O4. The molecule has 194 valence electrons. The van der Waals surface area contributed by atoms with Gasteiger partial charge in [0.05, 0.1) is 24.6 Å². The number of hydrogen-bond donors (Lipinski definition) is 1. The first-order valence-electron chi connectivity index (χ1n) is 12.6. The van der Waals surface area contributed by atoms with Gasteiger partial charge in [0, 0.05) is 0 Å². The van der Waals surface area contributed by atoms with Gasteiger partial charge in [0.1, 0.15) is 21.5 Å². The predicted octanol–water partition coefficient (Wildman–Crippen LogP) is 5.25. The number of carbonyl (C=O) groups excluding carboxylic acids is 3. The van der Waals surface area contributed by atoms with Gasteiger partial charge in [0.2, 0.25) is 17.7 Å². The van der Waals surface area contributed by atoms with E-state index in [9.17, 15) is 14.4 Å². The largest absolute Gasteiger partial charge is 0.495 e. The molecule has 3 aromatic rings. The van der Waals surface area contributed by atoms with E-state index in [4.69, 9.17) is 27.9 Å². The monoisotopic (exact) mass is 548 g/mol. The number of nitrogens with one attached hydrogen (secondary N) is 1. The van der Waals surface area contributed by atoms with Crippen molar-refractivity contribution in [2.45, 2.75) is 29.6 Å². The van der Waals surface area contributed by atoms with Crippen LogP contribution < -0.4 is 10.1 Å². The van der Waals surface area contributed by atoms with E-state index in [0.29, 0.717) is 11.4 Å². The number of halogens is 2. The molecular weight excluding hydrogens is 523 g/mol. The molecule has 3 aromatic carbocycles. The number of anilines is 1. The second-order valence-electron chi connectivity index (χ2n) is 10.4. The molecule has 4 aliphatic rings. The summed E-state index contributed by atoms with van der Waals surface area (Å²) in [4.78, 5) is 40.8. The molecule has 0 radical (unpaired) electrons. The number of hydrogen-bond acceptors (Lipinski definition) is 4. The highest BCUT2D eigenvalue weighted by atomic mass is 35.5. The summed E-state index contributed by atoms with van der Waals surface area (Å²) >= 11 is 15.0. The summed E-state index contributed by atoms with van der Waals surface area (Å²) in [5, 5.41) is 2.86. The van der Waals surface area contributed by atoms with Crippen molar-refractivity contribution in [2.24, 2.45) is 17.8 Å². The standard InChI is InChI=1S/C30H26Cl2N2O4/c1-16(2)25(26(35)33-21-14-8-9-15-22(21)38-3)34-27(36)23-24(28(34)37)30(32)18-11-5-4-10-17(18)29(23,31)19-12-6-7-13-20(19)30/h4-16,23-25H,1-3H3,(H,33,35)/t23-,24+,25-,29?,30?/m0/s1. The summed E-state index contributed by atoms with van der Waals surface area (Å²) in [5.74, 6) is -3.29. The van der Waals surface area contributed by atoms with Crippen LogP contribution in [-0.2, 0) is 24.1 Å². The molecule has 38 heavy (non-hydrogen) atoms. The number of ether oxygens (including phenoxy) is 1. The van der Waals surface area contributed by atoms with Gasteiger partial charge in [-0.05, 0) is 40.3 Å².